The molecular formula is C20H17NO3. The van der Waals surface area contributed by atoms with Gasteiger partial charge in [0.15, 0.2) is 0 Å². The number of hydrogen-bond donors (Lipinski definition) is 0. The lowest BCUT2D eigenvalue weighted by molar-refractivity contribution is 0.0526. The van der Waals surface area contributed by atoms with Crippen molar-refractivity contribution in [3.05, 3.63) is 78.1 Å². The number of ether oxygens (including phenoxy) is 1. The third-order valence-electron chi connectivity index (χ3n) is 3.40. The third kappa shape index (κ3) is 3.79. The number of rotatable bonds is 5. The molecule has 0 spiro atoms. The maximum absolute atomic E-state index is 11.6. The summed E-state index contributed by atoms with van der Waals surface area (Å²) < 4.78 is 10.7. The van der Waals surface area contributed by atoms with Gasteiger partial charge in [0.25, 0.3) is 0 Å². The molecule has 1 heterocycles. The predicted molar refractivity (Wildman–Crippen MR) is 93.8 cm³/mol. The summed E-state index contributed by atoms with van der Waals surface area (Å²) in [5.41, 5.74) is 2.27. The topological polar surface area (TPSA) is 51.8 Å². The molecular weight excluding hydrogens is 302 g/mol. The number of benzene rings is 2. The van der Waals surface area contributed by atoms with Crippen LogP contribution < -0.4 is 0 Å². The van der Waals surface area contributed by atoms with Gasteiger partial charge in [-0.05, 0) is 43.3 Å². The molecule has 4 heteroatoms. The Morgan fingerprint density at radius 1 is 1.04 bits per heavy atom. The number of hydrogen-bond acceptors (Lipinski definition) is 4. The molecule has 120 valence electrons. The first-order valence-corrected chi connectivity index (χ1v) is 7.73. The van der Waals surface area contributed by atoms with Crippen LogP contribution in [0.25, 0.3) is 11.3 Å². The average Bonchev–Trinajstić information content (AvgIpc) is 3.10. The van der Waals surface area contributed by atoms with Crippen LogP contribution in [0.1, 0.15) is 23.0 Å². The Hall–Kier alpha value is -3.14. The van der Waals surface area contributed by atoms with Gasteiger partial charge in [-0.2, -0.15) is 0 Å². The molecule has 3 aromatic rings. The maximum Gasteiger partial charge on any atom is 0.338 e. The van der Waals surface area contributed by atoms with E-state index in [1.54, 1.807) is 37.4 Å². The standard InChI is InChI=1S/C20H17NO3/c1-2-23-20(22)16-8-10-17(11-9-16)21-14-18-12-13-19(24-18)15-6-4-3-5-7-15/h3-14H,2H2,1H3. The van der Waals surface area contributed by atoms with Gasteiger partial charge in [-0.25, -0.2) is 4.79 Å². The van der Waals surface area contributed by atoms with Gasteiger partial charge in [0, 0.05) is 5.56 Å². The molecule has 0 amide bonds. The Bertz CT molecular complexity index is 833. The number of carbonyl (C=O) groups excluding carboxylic acids is 1. The van der Waals surface area contributed by atoms with E-state index in [4.69, 9.17) is 9.15 Å². The van der Waals surface area contributed by atoms with Crippen LogP contribution in [0, 0.1) is 0 Å². The molecule has 0 saturated heterocycles. The summed E-state index contributed by atoms with van der Waals surface area (Å²) in [5, 5.41) is 0. The smallest absolute Gasteiger partial charge is 0.338 e. The summed E-state index contributed by atoms with van der Waals surface area (Å²) in [4.78, 5) is 16.0. The Labute approximate surface area is 140 Å². The largest absolute Gasteiger partial charge is 0.462 e. The molecule has 1 aromatic heterocycles. The molecule has 3 rings (SSSR count). The monoisotopic (exact) mass is 319 g/mol. The lowest BCUT2D eigenvalue weighted by atomic mass is 10.2. The SMILES string of the molecule is CCOC(=O)c1ccc(N=Cc2ccc(-c3ccccc3)o2)cc1. The normalized spacial score (nSPS) is 10.9. The van der Waals surface area contributed by atoms with Crippen LogP contribution >= 0.6 is 0 Å². The molecule has 4 nitrogen and oxygen atoms in total. The molecule has 24 heavy (non-hydrogen) atoms. The van der Waals surface area contributed by atoms with Crippen molar-refractivity contribution < 1.29 is 13.9 Å². The van der Waals surface area contributed by atoms with Gasteiger partial charge in [0.1, 0.15) is 11.5 Å². The molecule has 2 aromatic carbocycles. The van der Waals surface area contributed by atoms with E-state index in [1.165, 1.54) is 0 Å². The molecule has 0 N–H and O–H groups in total. The van der Waals surface area contributed by atoms with Crippen LogP contribution in [0.3, 0.4) is 0 Å². The zero-order valence-electron chi connectivity index (χ0n) is 13.3. The number of carbonyl (C=O) groups is 1. The van der Waals surface area contributed by atoms with E-state index in [0.29, 0.717) is 17.9 Å². The summed E-state index contributed by atoms with van der Waals surface area (Å²) in [7, 11) is 0. The second kappa shape index (κ2) is 7.42. The second-order valence-electron chi connectivity index (χ2n) is 5.09. The zero-order valence-corrected chi connectivity index (χ0v) is 13.3. The van der Waals surface area contributed by atoms with Crippen molar-refractivity contribution in [2.45, 2.75) is 6.92 Å². The van der Waals surface area contributed by atoms with Crippen LogP contribution in [0.2, 0.25) is 0 Å². The van der Waals surface area contributed by atoms with E-state index in [0.717, 1.165) is 17.0 Å². The highest BCUT2D eigenvalue weighted by Gasteiger charge is 2.05. The Morgan fingerprint density at radius 3 is 2.50 bits per heavy atom. The summed E-state index contributed by atoms with van der Waals surface area (Å²) >= 11 is 0. The summed E-state index contributed by atoms with van der Waals surface area (Å²) in [6.45, 7) is 2.14. The minimum Gasteiger partial charge on any atom is -0.462 e. The van der Waals surface area contributed by atoms with E-state index < -0.39 is 0 Å². The molecule has 0 saturated carbocycles. The third-order valence-corrected chi connectivity index (χ3v) is 3.40. The van der Waals surface area contributed by atoms with Crippen LogP contribution in [0.4, 0.5) is 5.69 Å². The van der Waals surface area contributed by atoms with Crippen LogP contribution in [0.15, 0.2) is 76.1 Å². The van der Waals surface area contributed by atoms with Crippen molar-refractivity contribution in [3.63, 3.8) is 0 Å². The number of esters is 1. The molecule has 0 aliphatic rings. The lowest BCUT2D eigenvalue weighted by Crippen LogP contribution is -2.03. The Kier molecular flexibility index (Phi) is 4.87. The van der Waals surface area contributed by atoms with Gasteiger partial charge in [0.05, 0.1) is 24.1 Å². The van der Waals surface area contributed by atoms with Crippen molar-refractivity contribution >= 4 is 17.9 Å². The molecule has 0 fully saturated rings. The van der Waals surface area contributed by atoms with Gasteiger partial charge < -0.3 is 9.15 Å². The van der Waals surface area contributed by atoms with E-state index in [9.17, 15) is 4.79 Å². The van der Waals surface area contributed by atoms with E-state index >= 15 is 0 Å². The summed E-state index contributed by atoms with van der Waals surface area (Å²) in [6.07, 6.45) is 1.66. The van der Waals surface area contributed by atoms with Crippen molar-refractivity contribution in [1.29, 1.82) is 0 Å². The highest BCUT2D eigenvalue weighted by atomic mass is 16.5. The minimum atomic E-state index is -0.327. The fraction of sp³-hybridized carbons (Fsp3) is 0.100. The number of furan rings is 1. The van der Waals surface area contributed by atoms with E-state index in [2.05, 4.69) is 4.99 Å². The van der Waals surface area contributed by atoms with E-state index in [-0.39, 0.29) is 5.97 Å². The maximum atomic E-state index is 11.6. The first-order chi connectivity index (χ1) is 11.8. The van der Waals surface area contributed by atoms with Gasteiger partial charge in [-0.1, -0.05) is 30.3 Å². The fourth-order valence-electron chi connectivity index (χ4n) is 2.22. The van der Waals surface area contributed by atoms with Crippen molar-refractivity contribution in [2.75, 3.05) is 6.61 Å². The van der Waals surface area contributed by atoms with E-state index in [1.807, 2.05) is 42.5 Å². The molecule has 0 aliphatic carbocycles. The van der Waals surface area contributed by atoms with Gasteiger partial charge >= 0.3 is 5.97 Å². The van der Waals surface area contributed by atoms with Gasteiger partial charge in [-0.3, -0.25) is 4.99 Å². The zero-order chi connectivity index (χ0) is 16.8. The number of nitrogens with zero attached hydrogens (tertiary/aromatic N) is 1. The van der Waals surface area contributed by atoms with Crippen molar-refractivity contribution in [1.82, 2.24) is 0 Å². The molecule has 0 radical (unpaired) electrons. The highest BCUT2D eigenvalue weighted by Crippen LogP contribution is 2.21. The Balaban J connectivity index is 1.70. The minimum absolute atomic E-state index is 0.327. The first-order valence-electron chi connectivity index (χ1n) is 7.73. The molecule has 0 unspecified atom stereocenters. The fourth-order valence-corrected chi connectivity index (χ4v) is 2.22. The van der Waals surface area contributed by atoms with Crippen LogP contribution in [-0.2, 0) is 4.74 Å². The van der Waals surface area contributed by atoms with Crippen molar-refractivity contribution in [3.8, 4) is 11.3 Å². The quantitative estimate of drug-likeness (QED) is 0.498. The van der Waals surface area contributed by atoms with Crippen LogP contribution in [0.5, 0.6) is 0 Å². The summed E-state index contributed by atoms with van der Waals surface area (Å²) in [6, 6.07) is 20.6. The second-order valence-corrected chi connectivity index (χ2v) is 5.09. The highest BCUT2D eigenvalue weighted by molar-refractivity contribution is 5.90. The first kappa shape index (κ1) is 15.7. The Morgan fingerprint density at radius 2 is 1.79 bits per heavy atom. The van der Waals surface area contributed by atoms with Gasteiger partial charge in [0.2, 0.25) is 0 Å². The van der Waals surface area contributed by atoms with Crippen LogP contribution in [-0.4, -0.2) is 18.8 Å². The lowest BCUT2D eigenvalue weighted by Gasteiger charge is -2.01. The average molecular weight is 319 g/mol. The summed E-state index contributed by atoms with van der Waals surface area (Å²) in [5.74, 6) is 1.14. The predicted octanol–water partition coefficient (Wildman–Crippen LogP) is 4.87. The van der Waals surface area contributed by atoms with Crippen molar-refractivity contribution in [2.24, 2.45) is 4.99 Å². The van der Waals surface area contributed by atoms with Gasteiger partial charge in [-0.15, -0.1) is 0 Å². The molecule has 0 aliphatic heterocycles. The molecule has 0 atom stereocenters. The molecule has 0 bridgehead atoms. The number of aliphatic imine (C=N–C) groups is 1.